The Kier molecular flexibility index (Phi) is 4.76. The predicted octanol–water partition coefficient (Wildman–Crippen LogP) is 4.10. The topological polar surface area (TPSA) is 58.8 Å². The third kappa shape index (κ3) is 3.09. The van der Waals surface area contributed by atoms with E-state index in [9.17, 15) is 5.26 Å². The molecule has 0 amide bonds. The van der Waals surface area contributed by atoms with Crippen LogP contribution in [0, 0.1) is 11.3 Å². The molecule has 0 spiro atoms. The second kappa shape index (κ2) is 7.14. The molecule has 2 heterocycles. The summed E-state index contributed by atoms with van der Waals surface area (Å²) < 4.78 is 5.54. The van der Waals surface area contributed by atoms with E-state index in [4.69, 9.17) is 4.74 Å². The molecule has 2 unspecified atom stereocenters. The highest BCUT2D eigenvalue weighted by molar-refractivity contribution is 5.50. The molecule has 124 valence electrons. The molecule has 0 N–H and O–H groups in total. The molecule has 0 saturated heterocycles. The van der Waals surface area contributed by atoms with Crippen molar-refractivity contribution in [3.63, 3.8) is 0 Å². The summed E-state index contributed by atoms with van der Waals surface area (Å²) in [6.07, 6.45) is 7.05. The van der Waals surface area contributed by atoms with E-state index >= 15 is 0 Å². The Balaban J connectivity index is 2.25. The van der Waals surface area contributed by atoms with E-state index < -0.39 is 5.41 Å². The summed E-state index contributed by atoms with van der Waals surface area (Å²) >= 11 is 0. The van der Waals surface area contributed by atoms with Crippen LogP contribution >= 0.6 is 0 Å². The minimum atomic E-state index is -0.836. The van der Waals surface area contributed by atoms with Crippen molar-refractivity contribution in [2.24, 2.45) is 0 Å². The van der Waals surface area contributed by atoms with Gasteiger partial charge in [-0.2, -0.15) is 5.26 Å². The van der Waals surface area contributed by atoms with Crippen molar-refractivity contribution in [2.75, 3.05) is 7.11 Å². The number of aromatic nitrogens is 2. The van der Waals surface area contributed by atoms with Gasteiger partial charge < -0.3 is 4.74 Å². The van der Waals surface area contributed by atoms with Crippen molar-refractivity contribution in [1.82, 2.24) is 9.97 Å². The number of hydrogen-bond donors (Lipinski definition) is 0. The second-order valence-electron chi connectivity index (χ2n) is 6.01. The van der Waals surface area contributed by atoms with Gasteiger partial charge in [0.15, 0.2) is 0 Å². The number of rotatable bonds is 5. The minimum Gasteiger partial charge on any atom is -0.496 e. The fraction of sp³-hybridized carbons (Fsp3) is 0.190. The summed E-state index contributed by atoms with van der Waals surface area (Å²) in [5, 5.41) is 10.2. The van der Waals surface area contributed by atoms with Crippen LogP contribution in [0.1, 0.15) is 29.5 Å². The lowest BCUT2D eigenvalue weighted by Gasteiger charge is -2.33. The van der Waals surface area contributed by atoms with Crippen LogP contribution in [-0.2, 0) is 5.41 Å². The van der Waals surface area contributed by atoms with Gasteiger partial charge in [-0.25, -0.2) is 0 Å². The average Bonchev–Trinajstić information content (AvgIpc) is 2.69. The van der Waals surface area contributed by atoms with Gasteiger partial charge in [0.25, 0.3) is 0 Å². The number of nitriles is 1. The van der Waals surface area contributed by atoms with Crippen molar-refractivity contribution in [3.05, 3.63) is 90.0 Å². The first-order valence-corrected chi connectivity index (χ1v) is 8.05. The zero-order chi connectivity index (χ0) is 17.7. The fourth-order valence-corrected chi connectivity index (χ4v) is 3.32. The van der Waals surface area contributed by atoms with Crippen LogP contribution in [0.2, 0.25) is 0 Å². The van der Waals surface area contributed by atoms with E-state index in [1.54, 1.807) is 25.7 Å². The van der Waals surface area contributed by atoms with Crippen LogP contribution in [0.4, 0.5) is 0 Å². The lowest BCUT2D eigenvalue weighted by atomic mass is 9.67. The molecule has 3 aromatic rings. The molecule has 4 heteroatoms. The maximum absolute atomic E-state index is 10.2. The molecule has 0 fully saturated rings. The maximum atomic E-state index is 10.2. The molecule has 4 nitrogen and oxygen atoms in total. The molecule has 2 aromatic heterocycles. The molecule has 0 saturated carbocycles. The molecule has 0 radical (unpaired) electrons. The first kappa shape index (κ1) is 16.7. The van der Waals surface area contributed by atoms with Crippen LogP contribution in [0.25, 0.3) is 0 Å². The zero-order valence-electron chi connectivity index (χ0n) is 14.3. The first-order valence-electron chi connectivity index (χ1n) is 8.05. The summed E-state index contributed by atoms with van der Waals surface area (Å²) in [5.41, 5.74) is 2.00. The van der Waals surface area contributed by atoms with Gasteiger partial charge in [-0.1, -0.05) is 24.3 Å². The Morgan fingerprint density at radius 2 is 1.72 bits per heavy atom. The molecule has 0 aliphatic heterocycles. The molecular weight excluding hydrogens is 310 g/mol. The minimum absolute atomic E-state index is 0.203. The number of hydrogen-bond acceptors (Lipinski definition) is 4. The van der Waals surface area contributed by atoms with Crippen LogP contribution < -0.4 is 4.74 Å². The number of pyridine rings is 2. The van der Waals surface area contributed by atoms with Crippen LogP contribution in [0.3, 0.4) is 0 Å². The Hall–Kier alpha value is -3.19. The van der Waals surface area contributed by atoms with Gasteiger partial charge in [-0.05, 0) is 42.3 Å². The highest BCUT2D eigenvalue weighted by Crippen LogP contribution is 2.45. The average molecular weight is 329 g/mol. The third-order valence-corrected chi connectivity index (χ3v) is 4.53. The van der Waals surface area contributed by atoms with E-state index in [1.165, 1.54) is 0 Å². The van der Waals surface area contributed by atoms with Gasteiger partial charge >= 0.3 is 0 Å². The van der Waals surface area contributed by atoms with Gasteiger partial charge in [0, 0.05) is 36.3 Å². The summed E-state index contributed by atoms with van der Waals surface area (Å²) in [5.74, 6) is 0.500. The van der Waals surface area contributed by atoms with Gasteiger partial charge in [0.2, 0.25) is 0 Å². The van der Waals surface area contributed by atoms with Crippen molar-refractivity contribution >= 4 is 0 Å². The normalized spacial score (nSPS) is 14.1. The molecule has 3 rings (SSSR count). The third-order valence-electron chi connectivity index (χ3n) is 4.53. The van der Waals surface area contributed by atoms with Gasteiger partial charge in [-0.15, -0.1) is 0 Å². The Morgan fingerprint density at radius 1 is 0.960 bits per heavy atom. The van der Waals surface area contributed by atoms with Crippen molar-refractivity contribution in [3.8, 4) is 11.8 Å². The van der Waals surface area contributed by atoms with E-state index in [1.807, 2.05) is 61.7 Å². The second-order valence-corrected chi connectivity index (χ2v) is 6.01. The largest absolute Gasteiger partial charge is 0.496 e. The Morgan fingerprint density at radius 3 is 2.36 bits per heavy atom. The van der Waals surface area contributed by atoms with E-state index in [-0.39, 0.29) is 5.92 Å². The summed E-state index contributed by atoms with van der Waals surface area (Å²) in [6, 6.07) is 18.0. The number of benzene rings is 1. The van der Waals surface area contributed by atoms with E-state index in [0.717, 1.165) is 16.7 Å². The molecule has 0 aliphatic carbocycles. The molecule has 25 heavy (non-hydrogen) atoms. The highest BCUT2D eigenvalue weighted by Gasteiger charge is 2.40. The van der Waals surface area contributed by atoms with Gasteiger partial charge in [0.1, 0.15) is 5.75 Å². The molecular formula is C21H19N3O. The molecule has 0 aliphatic rings. The Bertz CT molecular complexity index is 835. The standard InChI is InChI=1S/C21H19N3O/c1-21(15-22,18-7-3-4-8-19(18)25-2)20(16-9-12-23-13-10-16)17-6-5-11-24-14-17/h3-14,20H,1-2H3. The smallest absolute Gasteiger partial charge is 0.123 e. The first-order chi connectivity index (χ1) is 12.2. The molecule has 0 bridgehead atoms. The zero-order valence-corrected chi connectivity index (χ0v) is 14.3. The number of ether oxygens (including phenoxy) is 1. The van der Waals surface area contributed by atoms with E-state index in [2.05, 4.69) is 16.0 Å². The van der Waals surface area contributed by atoms with Crippen LogP contribution in [0.5, 0.6) is 5.75 Å². The van der Waals surface area contributed by atoms with Crippen LogP contribution in [0.15, 0.2) is 73.3 Å². The molecule has 1 aromatic carbocycles. The van der Waals surface area contributed by atoms with E-state index in [0.29, 0.717) is 5.75 Å². The summed E-state index contributed by atoms with van der Waals surface area (Å²) in [6.45, 7) is 1.95. The van der Waals surface area contributed by atoms with Gasteiger partial charge in [-0.3, -0.25) is 9.97 Å². The predicted molar refractivity (Wildman–Crippen MR) is 96.3 cm³/mol. The number of nitrogens with zero attached hydrogens (tertiary/aromatic N) is 3. The highest BCUT2D eigenvalue weighted by atomic mass is 16.5. The summed E-state index contributed by atoms with van der Waals surface area (Å²) in [7, 11) is 1.63. The number of methoxy groups -OCH3 is 1. The maximum Gasteiger partial charge on any atom is 0.123 e. The molecule has 2 atom stereocenters. The van der Waals surface area contributed by atoms with Crippen LogP contribution in [-0.4, -0.2) is 17.1 Å². The van der Waals surface area contributed by atoms with Crippen molar-refractivity contribution in [2.45, 2.75) is 18.3 Å². The van der Waals surface area contributed by atoms with Crippen molar-refractivity contribution in [1.29, 1.82) is 5.26 Å². The SMILES string of the molecule is COc1ccccc1C(C)(C#N)C(c1ccncc1)c1cccnc1. The monoisotopic (exact) mass is 329 g/mol. The quantitative estimate of drug-likeness (QED) is 0.707. The Labute approximate surface area is 147 Å². The lowest BCUT2D eigenvalue weighted by molar-refractivity contribution is 0.394. The fourth-order valence-electron chi connectivity index (χ4n) is 3.32. The summed E-state index contributed by atoms with van der Waals surface area (Å²) in [4.78, 5) is 8.37. The van der Waals surface area contributed by atoms with Crippen molar-refractivity contribution < 1.29 is 4.74 Å². The van der Waals surface area contributed by atoms with Gasteiger partial charge in [0.05, 0.1) is 18.6 Å². The lowest BCUT2D eigenvalue weighted by Crippen LogP contribution is -2.30. The number of para-hydroxylation sites is 1.